The predicted molar refractivity (Wildman–Crippen MR) is 130 cm³/mol. The highest BCUT2D eigenvalue weighted by Gasteiger charge is 2.19. The molecule has 1 amide bonds. The second-order valence-corrected chi connectivity index (χ2v) is 8.04. The number of pyridine rings is 1. The van der Waals surface area contributed by atoms with Crippen molar-refractivity contribution in [2.24, 2.45) is 0 Å². The first kappa shape index (κ1) is 22.6. The summed E-state index contributed by atoms with van der Waals surface area (Å²) in [6.07, 6.45) is 0.905. The summed E-state index contributed by atoms with van der Waals surface area (Å²) in [6, 6.07) is 15.4. The van der Waals surface area contributed by atoms with E-state index in [-0.39, 0.29) is 12.0 Å². The van der Waals surface area contributed by atoms with E-state index in [9.17, 15) is 4.79 Å². The Morgan fingerprint density at radius 1 is 1.06 bits per heavy atom. The number of nitrogens with zero attached hydrogens (tertiary/aromatic N) is 1. The van der Waals surface area contributed by atoms with E-state index in [0.29, 0.717) is 36.0 Å². The highest BCUT2D eigenvalue weighted by Crippen LogP contribution is 2.38. The van der Waals surface area contributed by atoms with Crippen LogP contribution >= 0.6 is 0 Å². The average Bonchev–Trinajstić information content (AvgIpc) is 3.21. The summed E-state index contributed by atoms with van der Waals surface area (Å²) in [7, 11) is 3.23. The fourth-order valence-corrected chi connectivity index (χ4v) is 3.84. The third-order valence-corrected chi connectivity index (χ3v) is 5.45. The Morgan fingerprint density at radius 3 is 2.64 bits per heavy atom. The van der Waals surface area contributed by atoms with Gasteiger partial charge < -0.3 is 24.5 Å². The van der Waals surface area contributed by atoms with Crippen LogP contribution in [-0.2, 0) is 4.74 Å². The first-order valence-corrected chi connectivity index (χ1v) is 11.1. The van der Waals surface area contributed by atoms with Crippen molar-refractivity contribution < 1.29 is 19.0 Å². The molecule has 0 saturated heterocycles. The van der Waals surface area contributed by atoms with Crippen LogP contribution < -0.4 is 14.8 Å². The molecular weight excluding hydrogens is 418 g/mol. The Balaban J connectivity index is 1.78. The van der Waals surface area contributed by atoms with Crippen molar-refractivity contribution in [3.8, 4) is 22.8 Å². The number of H-pyrrole nitrogens is 1. The number of amides is 1. The number of ether oxygens (including phenoxy) is 3. The summed E-state index contributed by atoms with van der Waals surface area (Å²) in [4.78, 5) is 21.3. The number of nitrogens with one attached hydrogen (secondary N) is 2. The van der Waals surface area contributed by atoms with Crippen LogP contribution in [0.1, 0.15) is 30.8 Å². The van der Waals surface area contributed by atoms with Gasteiger partial charge in [-0.1, -0.05) is 18.2 Å². The number of carbonyl (C=O) groups excluding carboxylic acids is 1. The Labute approximate surface area is 193 Å². The number of rotatable bonds is 9. The second-order valence-electron chi connectivity index (χ2n) is 8.04. The van der Waals surface area contributed by atoms with Gasteiger partial charge in [0.1, 0.15) is 17.2 Å². The summed E-state index contributed by atoms with van der Waals surface area (Å²) in [6.45, 7) is 5.09. The van der Waals surface area contributed by atoms with Gasteiger partial charge in [0.25, 0.3) is 5.91 Å². The van der Waals surface area contributed by atoms with Crippen LogP contribution in [0.4, 0.5) is 0 Å². The van der Waals surface area contributed by atoms with E-state index in [1.54, 1.807) is 14.2 Å². The highest BCUT2D eigenvalue weighted by molar-refractivity contribution is 6.13. The molecule has 0 aliphatic rings. The predicted octanol–water partition coefficient (Wildman–Crippen LogP) is 4.95. The zero-order valence-electron chi connectivity index (χ0n) is 19.4. The van der Waals surface area contributed by atoms with Gasteiger partial charge in [-0.15, -0.1) is 0 Å². The number of aromatic amines is 1. The molecule has 0 unspecified atom stereocenters. The zero-order chi connectivity index (χ0) is 23.4. The first-order valence-electron chi connectivity index (χ1n) is 11.1. The normalized spacial score (nSPS) is 11.3. The van der Waals surface area contributed by atoms with Gasteiger partial charge in [0.2, 0.25) is 0 Å². The van der Waals surface area contributed by atoms with Gasteiger partial charge >= 0.3 is 0 Å². The average molecular weight is 448 g/mol. The maximum Gasteiger partial charge on any atom is 0.269 e. The maximum atomic E-state index is 13.0. The van der Waals surface area contributed by atoms with Gasteiger partial charge in [0.15, 0.2) is 0 Å². The molecule has 0 radical (unpaired) electrons. The van der Waals surface area contributed by atoms with Crippen molar-refractivity contribution in [2.75, 3.05) is 27.4 Å². The minimum atomic E-state index is -0.227. The summed E-state index contributed by atoms with van der Waals surface area (Å²) in [5.74, 6) is 1.10. The van der Waals surface area contributed by atoms with Crippen LogP contribution in [-0.4, -0.2) is 49.4 Å². The van der Waals surface area contributed by atoms with Crippen LogP contribution in [0.3, 0.4) is 0 Å². The number of hydrogen-bond donors (Lipinski definition) is 2. The van der Waals surface area contributed by atoms with Crippen molar-refractivity contribution >= 4 is 27.7 Å². The largest absolute Gasteiger partial charge is 0.497 e. The maximum absolute atomic E-state index is 13.0. The molecule has 7 nitrogen and oxygen atoms in total. The number of methoxy groups -OCH3 is 2. The van der Waals surface area contributed by atoms with Crippen LogP contribution in [0.5, 0.6) is 11.5 Å². The van der Waals surface area contributed by atoms with E-state index < -0.39 is 0 Å². The molecule has 2 aromatic heterocycles. The van der Waals surface area contributed by atoms with E-state index in [0.717, 1.165) is 33.8 Å². The van der Waals surface area contributed by atoms with Crippen molar-refractivity contribution in [3.05, 3.63) is 54.2 Å². The third-order valence-electron chi connectivity index (χ3n) is 5.45. The van der Waals surface area contributed by atoms with Gasteiger partial charge in [-0.05, 0) is 50.6 Å². The van der Waals surface area contributed by atoms with Crippen LogP contribution in [0.2, 0.25) is 0 Å². The highest BCUT2D eigenvalue weighted by atomic mass is 16.5. The number of para-hydroxylation sites is 1. The summed E-state index contributed by atoms with van der Waals surface area (Å²) < 4.78 is 16.6. The molecule has 33 heavy (non-hydrogen) atoms. The minimum absolute atomic E-state index is 0.173. The number of aromatic nitrogens is 2. The lowest BCUT2D eigenvalue weighted by Gasteiger charge is -2.13. The molecule has 2 N–H and O–H groups in total. The molecule has 0 aliphatic carbocycles. The molecule has 172 valence electrons. The molecule has 0 bridgehead atoms. The zero-order valence-corrected chi connectivity index (χ0v) is 19.4. The number of fused-ring (bicyclic) bond motifs is 3. The number of carbonyl (C=O) groups is 1. The molecule has 0 fully saturated rings. The smallest absolute Gasteiger partial charge is 0.269 e. The van der Waals surface area contributed by atoms with E-state index >= 15 is 0 Å². The lowest BCUT2D eigenvalue weighted by Crippen LogP contribution is -2.26. The SMILES string of the molecule is COc1ccc(OC)c(-c2nc(C(=O)NCCCOC(C)C)cc3c2[nH]c2ccccc23)c1. The van der Waals surface area contributed by atoms with Crippen molar-refractivity contribution in [2.45, 2.75) is 26.4 Å². The summed E-state index contributed by atoms with van der Waals surface area (Å²) in [5, 5.41) is 4.91. The molecular formula is C26H29N3O4. The van der Waals surface area contributed by atoms with Gasteiger partial charge in [0, 0.05) is 35.0 Å². The molecule has 2 heterocycles. The van der Waals surface area contributed by atoms with E-state index in [2.05, 4.69) is 10.3 Å². The van der Waals surface area contributed by atoms with E-state index in [1.807, 2.05) is 62.4 Å². The fraction of sp³-hybridized carbons (Fsp3) is 0.308. The molecule has 2 aromatic carbocycles. The molecule has 0 atom stereocenters. The third kappa shape index (κ3) is 4.78. The molecule has 4 aromatic rings. The Kier molecular flexibility index (Phi) is 6.79. The Bertz CT molecular complexity index is 1280. The Morgan fingerprint density at radius 2 is 1.88 bits per heavy atom. The quantitative estimate of drug-likeness (QED) is 0.355. The standard InChI is InChI=1S/C26H29N3O4/c1-16(2)33-13-7-12-27-26(30)22-15-19-18-8-5-6-9-21(18)28-24(19)25(29-22)20-14-17(31-3)10-11-23(20)32-4/h5-6,8-11,14-16,28H,7,12-13H2,1-4H3,(H,27,30). The number of hydrogen-bond acceptors (Lipinski definition) is 5. The fourth-order valence-electron chi connectivity index (χ4n) is 3.84. The van der Waals surface area contributed by atoms with E-state index in [4.69, 9.17) is 19.2 Å². The van der Waals surface area contributed by atoms with Crippen molar-refractivity contribution in [1.82, 2.24) is 15.3 Å². The van der Waals surface area contributed by atoms with Gasteiger partial charge in [0.05, 0.1) is 31.5 Å². The monoisotopic (exact) mass is 447 g/mol. The van der Waals surface area contributed by atoms with E-state index in [1.165, 1.54) is 0 Å². The summed E-state index contributed by atoms with van der Waals surface area (Å²) in [5.41, 5.74) is 3.53. The lowest BCUT2D eigenvalue weighted by molar-refractivity contribution is 0.0756. The van der Waals surface area contributed by atoms with Crippen molar-refractivity contribution in [3.63, 3.8) is 0 Å². The lowest BCUT2D eigenvalue weighted by atomic mass is 10.0. The first-order chi connectivity index (χ1) is 16.0. The molecule has 0 saturated carbocycles. The molecule has 0 spiro atoms. The molecule has 0 aliphatic heterocycles. The molecule has 7 heteroatoms. The molecule has 4 rings (SSSR count). The topological polar surface area (TPSA) is 85.5 Å². The minimum Gasteiger partial charge on any atom is -0.497 e. The van der Waals surface area contributed by atoms with Gasteiger partial charge in [-0.2, -0.15) is 0 Å². The summed E-state index contributed by atoms with van der Waals surface area (Å²) >= 11 is 0. The van der Waals surface area contributed by atoms with Crippen LogP contribution in [0.15, 0.2) is 48.5 Å². The van der Waals surface area contributed by atoms with Crippen LogP contribution in [0.25, 0.3) is 33.1 Å². The van der Waals surface area contributed by atoms with Gasteiger partial charge in [-0.3, -0.25) is 4.79 Å². The Hall–Kier alpha value is -3.58. The van der Waals surface area contributed by atoms with Crippen LogP contribution in [0, 0.1) is 0 Å². The van der Waals surface area contributed by atoms with Crippen molar-refractivity contribution in [1.29, 1.82) is 0 Å². The second kappa shape index (κ2) is 9.92. The van der Waals surface area contributed by atoms with Gasteiger partial charge in [-0.25, -0.2) is 4.98 Å². The number of benzene rings is 2.